The second-order valence-electron chi connectivity index (χ2n) is 4.33. The summed E-state index contributed by atoms with van der Waals surface area (Å²) in [4.78, 5) is 0. The Morgan fingerprint density at radius 3 is 2.86 bits per heavy atom. The first-order chi connectivity index (χ1) is 6.95. The number of rotatable bonds is 5. The minimum absolute atomic E-state index is 0.100. The third-order valence-electron chi connectivity index (χ3n) is 3.06. The molecular formula is C11H21NO2. The summed E-state index contributed by atoms with van der Waals surface area (Å²) in [5, 5.41) is 3.29. The van der Waals surface area contributed by atoms with Gasteiger partial charge < -0.3 is 14.8 Å². The fourth-order valence-electron chi connectivity index (χ4n) is 1.98. The zero-order chi connectivity index (χ0) is 9.64. The molecule has 2 saturated heterocycles. The SMILES string of the molecule is C1CCC(OCCCC2CNC2)OC1. The van der Waals surface area contributed by atoms with E-state index in [9.17, 15) is 0 Å². The zero-order valence-corrected chi connectivity index (χ0v) is 8.84. The van der Waals surface area contributed by atoms with Gasteiger partial charge in [-0.25, -0.2) is 0 Å². The molecule has 0 aliphatic carbocycles. The van der Waals surface area contributed by atoms with Crippen LogP contribution in [-0.2, 0) is 9.47 Å². The number of nitrogens with one attached hydrogen (secondary N) is 1. The Morgan fingerprint density at radius 1 is 1.29 bits per heavy atom. The van der Waals surface area contributed by atoms with Crippen LogP contribution < -0.4 is 5.32 Å². The molecule has 0 aromatic heterocycles. The van der Waals surface area contributed by atoms with Gasteiger partial charge in [0.15, 0.2) is 6.29 Å². The minimum Gasteiger partial charge on any atom is -0.353 e. The first kappa shape index (κ1) is 10.4. The standard InChI is InChI=1S/C11H21NO2/c1-2-6-13-11(5-1)14-7-3-4-10-8-12-9-10/h10-12H,1-9H2. The van der Waals surface area contributed by atoms with Crippen LogP contribution in [0.2, 0.25) is 0 Å². The van der Waals surface area contributed by atoms with E-state index in [1.54, 1.807) is 0 Å². The van der Waals surface area contributed by atoms with E-state index in [-0.39, 0.29) is 6.29 Å². The summed E-state index contributed by atoms with van der Waals surface area (Å²) < 4.78 is 11.2. The maximum atomic E-state index is 5.66. The van der Waals surface area contributed by atoms with Crippen LogP contribution in [-0.4, -0.2) is 32.6 Å². The summed E-state index contributed by atoms with van der Waals surface area (Å²) in [5.41, 5.74) is 0. The molecule has 2 heterocycles. The Bertz CT molecular complexity index is 153. The minimum atomic E-state index is 0.100. The van der Waals surface area contributed by atoms with Gasteiger partial charge in [0.05, 0.1) is 0 Å². The van der Waals surface area contributed by atoms with E-state index in [1.165, 1.54) is 38.8 Å². The molecule has 0 aromatic rings. The lowest BCUT2D eigenvalue weighted by Crippen LogP contribution is -2.41. The molecule has 2 aliphatic heterocycles. The van der Waals surface area contributed by atoms with Gasteiger partial charge >= 0.3 is 0 Å². The topological polar surface area (TPSA) is 30.5 Å². The highest BCUT2D eigenvalue weighted by Gasteiger charge is 2.17. The van der Waals surface area contributed by atoms with Crippen molar-refractivity contribution in [3.63, 3.8) is 0 Å². The van der Waals surface area contributed by atoms with E-state index in [0.29, 0.717) is 0 Å². The summed E-state index contributed by atoms with van der Waals surface area (Å²) in [6.07, 6.45) is 6.14. The monoisotopic (exact) mass is 199 g/mol. The summed E-state index contributed by atoms with van der Waals surface area (Å²) in [6.45, 7) is 4.18. The van der Waals surface area contributed by atoms with Gasteiger partial charge in [0.1, 0.15) is 0 Å². The molecule has 1 unspecified atom stereocenters. The molecule has 0 spiro atoms. The normalized spacial score (nSPS) is 28.7. The average molecular weight is 199 g/mol. The van der Waals surface area contributed by atoms with Gasteiger partial charge in [-0.3, -0.25) is 0 Å². The summed E-state index contributed by atoms with van der Waals surface area (Å²) in [5.74, 6) is 0.908. The van der Waals surface area contributed by atoms with Gasteiger partial charge in [-0.05, 0) is 51.1 Å². The maximum Gasteiger partial charge on any atom is 0.157 e. The molecule has 14 heavy (non-hydrogen) atoms. The Balaban J connectivity index is 1.45. The van der Waals surface area contributed by atoms with Crippen molar-refractivity contribution in [1.29, 1.82) is 0 Å². The van der Waals surface area contributed by atoms with Gasteiger partial charge in [-0.15, -0.1) is 0 Å². The van der Waals surface area contributed by atoms with E-state index in [1.807, 2.05) is 0 Å². The first-order valence-corrected chi connectivity index (χ1v) is 5.89. The van der Waals surface area contributed by atoms with Gasteiger partial charge in [0.2, 0.25) is 0 Å². The Labute approximate surface area is 86.2 Å². The molecule has 0 saturated carbocycles. The van der Waals surface area contributed by atoms with Gasteiger partial charge in [-0.2, -0.15) is 0 Å². The van der Waals surface area contributed by atoms with Gasteiger partial charge in [0.25, 0.3) is 0 Å². The van der Waals surface area contributed by atoms with Crippen LogP contribution in [0.1, 0.15) is 32.1 Å². The Morgan fingerprint density at radius 2 is 2.21 bits per heavy atom. The molecule has 3 nitrogen and oxygen atoms in total. The molecule has 1 atom stereocenters. The quantitative estimate of drug-likeness (QED) is 0.681. The highest BCUT2D eigenvalue weighted by Crippen LogP contribution is 2.15. The smallest absolute Gasteiger partial charge is 0.157 e. The first-order valence-electron chi connectivity index (χ1n) is 5.89. The third-order valence-corrected chi connectivity index (χ3v) is 3.06. The molecule has 0 radical (unpaired) electrons. The second-order valence-corrected chi connectivity index (χ2v) is 4.33. The van der Waals surface area contributed by atoms with Crippen LogP contribution in [0.4, 0.5) is 0 Å². The molecule has 1 N–H and O–H groups in total. The molecule has 0 bridgehead atoms. The van der Waals surface area contributed by atoms with Gasteiger partial charge in [-0.1, -0.05) is 0 Å². The molecule has 2 fully saturated rings. The van der Waals surface area contributed by atoms with Crippen LogP contribution in [0.3, 0.4) is 0 Å². The van der Waals surface area contributed by atoms with Crippen LogP contribution in [0.25, 0.3) is 0 Å². The van der Waals surface area contributed by atoms with Gasteiger partial charge in [0, 0.05) is 13.2 Å². The van der Waals surface area contributed by atoms with Crippen molar-refractivity contribution in [2.75, 3.05) is 26.3 Å². The lowest BCUT2D eigenvalue weighted by molar-refractivity contribution is -0.163. The van der Waals surface area contributed by atoms with Crippen LogP contribution >= 0.6 is 0 Å². The van der Waals surface area contributed by atoms with Crippen molar-refractivity contribution in [1.82, 2.24) is 5.32 Å². The molecule has 0 amide bonds. The van der Waals surface area contributed by atoms with Crippen LogP contribution in [0.15, 0.2) is 0 Å². The predicted octanol–water partition coefficient (Wildman–Crippen LogP) is 1.53. The summed E-state index contributed by atoms with van der Waals surface area (Å²) >= 11 is 0. The molecule has 2 rings (SSSR count). The highest BCUT2D eigenvalue weighted by atomic mass is 16.7. The van der Waals surface area contributed by atoms with Crippen LogP contribution in [0.5, 0.6) is 0 Å². The third kappa shape index (κ3) is 3.23. The highest BCUT2D eigenvalue weighted by molar-refractivity contribution is 4.73. The Kier molecular flexibility index (Phi) is 4.22. The van der Waals surface area contributed by atoms with E-state index >= 15 is 0 Å². The fourth-order valence-corrected chi connectivity index (χ4v) is 1.98. The van der Waals surface area contributed by atoms with E-state index < -0.39 is 0 Å². The molecule has 82 valence electrons. The lowest BCUT2D eigenvalue weighted by atomic mass is 9.98. The molecule has 2 aliphatic rings. The van der Waals surface area contributed by atoms with E-state index in [0.717, 1.165) is 25.6 Å². The van der Waals surface area contributed by atoms with Crippen LogP contribution in [0, 0.1) is 5.92 Å². The summed E-state index contributed by atoms with van der Waals surface area (Å²) in [6, 6.07) is 0. The van der Waals surface area contributed by atoms with Crippen molar-refractivity contribution in [3.8, 4) is 0 Å². The largest absolute Gasteiger partial charge is 0.353 e. The predicted molar refractivity (Wildman–Crippen MR) is 55.1 cm³/mol. The van der Waals surface area contributed by atoms with E-state index in [4.69, 9.17) is 9.47 Å². The molecular weight excluding hydrogens is 178 g/mol. The van der Waals surface area contributed by atoms with Crippen molar-refractivity contribution >= 4 is 0 Å². The Hall–Kier alpha value is -0.120. The number of hydrogen-bond donors (Lipinski definition) is 1. The fraction of sp³-hybridized carbons (Fsp3) is 1.00. The molecule has 3 heteroatoms. The van der Waals surface area contributed by atoms with Crippen molar-refractivity contribution in [2.24, 2.45) is 5.92 Å². The molecule has 0 aromatic carbocycles. The van der Waals surface area contributed by atoms with Crippen molar-refractivity contribution in [2.45, 2.75) is 38.4 Å². The lowest BCUT2D eigenvalue weighted by Gasteiger charge is -2.27. The number of ether oxygens (including phenoxy) is 2. The average Bonchev–Trinajstić information content (AvgIpc) is 2.16. The van der Waals surface area contributed by atoms with Crippen molar-refractivity contribution in [3.05, 3.63) is 0 Å². The van der Waals surface area contributed by atoms with Crippen molar-refractivity contribution < 1.29 is 9.47 Å². The summed E-state index contributed by atoms with van der Waals surface area (Å²) in [7, 11) is 0. The maximum absolute atomic E-state index is 5.66. The zero-order valence-electron chi connectivity index (χ0n) is 8.84. The second kappa shape index (κ2) is 5.69. The van der Waals surface area contributed by atoms with E-state index in [2.05, 4.69) is 5.32 Å². The number of hydrogen-bond acceptors (Lipinski definition) is 3.